The second-order valence-corrected chi connectivity index (χ2v) is 3.81. The fraction of sp³-hybridized carbons (Fsp3) is 0.800. The van der Waals surface area contributed by atoms with Crippen molar-refractivity contribution in [2.75, 3.05) is 26.7 Å². The third kappa shape index (κ3) is 3.00. The lowest BCUT2D eigenvalue weighted by Gasteiger charge is -2.40. The Kier molecular flexibility index (Phi) is 4.71. The normalized spacial score (nSPS) is 22.8. The molecule has 0 bridgehead atoms. The van der Waals surface area contributed by atoms with Crippen molar-refractivity contribution in [2.45, 2.75) is 25.8 Å². The zero-order valence-electron chi connectivity index (χ0n) is 9.40. The molecule has 0 aliphatic carbocycles. The summed E-state index contributed by atoms with van der Waals surface area (Å²) in [5.74, 6) is 0.0660. The summed E-state index contributed by atoms with van der Waals surface area (Å²) in [5.41, 5.74) is 0. The lowest BCUT2D eigenvalue weighted by atomic mass is 10.1. The second kappa shape index (κ2) is 5.82. The minimum absolute atomic E-state index is 0.0660. The van der Waals surface area contributed by atoms with E-state index in [1.165, 1.54) is 0 Å². The number of carbonyl (C=O) groups excluding carboxylic acids is 2. The summed E-state index contributed by atoms with van der Waals surface area (Å²) in [6.45, 7) is 3.97. The van der Waals surface area contributed by atoms with E-state index in [4.69, 9.17) is 0 Å². The van der Waals surface area contributed by atoms with E-state index in [2.05, 4.69) is 5.32 Å². The molecule has 0 aromatic carbocycles. The second-order valence-electron chi connectivity index (χ2n) is 3.81. The van der Waals surface area contributed by atoms with Gasteiger partial charge >= 0.3 is 0 Å². The Morgan fingerprint density at radius 3 is 2.87 bits per heavy atom. The largest absolute Gasteiger partial charge is 0.318 e. The van der Waals surface area contributed by atoms with Gasteiger partial charge in [0.2, 0.25) is 6.41 Å². The SMILES string of the molecule is CNCCN1CCCC(C(C)=O)N1C=O. The molecule has 1 unspecified atom stereocenters. The van der Waals surface area contributed by atoms with Gasteiger partial charge in [-0.15, -0.1) is 0 Å². The molecule has 0 spiro atoms. The van der Waals surface area contributed by atoms with E-state index in [1.807, 2.05) is 12.1 Å². The summed E-state index contributed by atoms with van der Waals surface area (Å²) in [7, 11) is 1.87. The maximum Gasteiger partial charge on any atom is 0.224 e. The fourth-order valence-electron chi connectivity index (χ4n) is 1.91. The van der Waals surface area contributed by atoms with Gasteiger partial charge in [-0.1, -0.05) is 0 Å². The Labute approximate surface area is 90.4 Å². The summed E-state index contributed by atoms with van der Waals surface area (Å²) in [6, 6.07) is -0.256. The minimum Gasteiger partial charge on any atom is -0.318 e. The highest BCUT2D eigenvalue weighted by atomic mass is 16.2. The van der Waals surface area contributed by atoms with Crippen molar-refractivity contribution >= 4 is 12.2 Å². The van der Waals surface area contributed by atoms with Crippen LogP contribution in [0, 0.1) is 0 Å². The topological polar surface area (TPSA) is 52.7 Å². The first-order valence-electron chi connectivity index (χ1n) is 5.34. The smallest absolute Gasteiger partial charge is 0.224 e. The molecule has 5 nitrogen and oxygen atoms in total. The number of ketones is 1. The van der Waals surface area contributed by atoms with Crippen LogP contribution in [0.1, 0.15) is 19.8 Å². The van der Waals surface area contributed by atoms with E-state index in [-0.39, 0.29) is 11.8 Å². The average molecular weight is 213 g/mol. The van der Waals surface area contributed by atoms with E-state index in [1.54, 1.807) is 11.9 Å². The van der Waals surface area contributed by atoms with Gasteiger partial charge in [0.25, 0.3) is 0 Å². The minimum atomic E-state index is -0.256. The zero-order valence-corrected chi connectivity index (χ0v) is 9.40. The Bertz CT molecular complexity index is 233. The first kappa shape index (κ1) is 12.1. The third-order valence-corrected chi connectivity index (χ3v) is 2.74. The van der Waals surface area contributed by atoms with E-state index < -0.39 is 0 Å². The molecule has 86 valence electrons. The van der Waals surface area contributed by atoms with Gasteiger partial charge < -0.3 is 5.32 Å². The quantitative estimate of drug-likeness (QED) is 0.633. The molecular formula is C10H19N3O2. The number of nitrogens with one attached hydrogen (secondary N) is 1. The molecule has 0 radical (unpaired) electrons. The van der Waals surface area contributed by atoms with Crippen molar-refractivity contribution in [1.29, 1.82) is 0 Å². The molecule has 1 aliphatic heterocycles. The number of Topliss-reactive ketones (excluding diaryl/α,β-unsaturated/α-hetero) is 1. The molecule has 1 amide bonds. The highest BCUT2D eigenvalue weighted by molar-refractivity contribution is 5.83. The maximum absolute atomic E-state index is 11.3. The summed E-state index contributed by atoms with van der Waals surface area (Å²) in [5, 5.41) is 6.52. The zero-order chi connectivity index (χ0) is 11.3. The molecule has 0 aromatic rings. The number of nitrogens with zero attached hydrogens (tertiary/aromatic N) is 2. The standard InChI is InChI=1S/C10H19N3O2/c1-9(15)10-4-3-6-12(7-5-11-2)13(10)8-14/h8,10-11H,3-7H2,1-2H3. The van der Waals surface area contributed by atoms with Gasteiger partial charge in [-0.3, -0.25) is 14.6 Å². The summed E-state index contributed by atoms with van der Waals surface area (Å²) in [4.78, 5) is 22.3. The van der Waals surface area contributed by atoms with Gasteiger partial charge in [0, 0.05) is 19.6 Å². The van der Waals surface area contributed by atoms with E-state index in [0.717, 1.165) is 38.9 Å². The molecule has 1 rings (SSSR count). The van der Waals surface area contributed by atoms with Crippen molar-refractivity contribution in [3.63, 3.8) is 0 Å². The van der Waals surface area contributed by atoms with Crippen molar-refractivity contribution in [2.24, 2.45) is 0 Å². The number of hydrazine groups is 1. The first-order chi connectivity index (χ1) is 7.20. The van der Waals surface area contributed by atoms with Crippen molar-refractivity contribution in [1.82, 2.24) is 15.3 Å². The number of rotatable bonds is 5. The highest BCUT2D eigenvalue weighted by Gasteiger charge is 2.30. The molecule has 1 N–H and O–H groups in total. The molecule has 1 saturated heterocycles. The number of hydrogen-bond donors (Lipinski definition) is 1. The molecule has 0 saturated carbocycles. The Morgan fingerprint density at radius 1 is 1.60 bits per heavy atom. The van der Waals surface area contributed by atoms with Crippen LogP contribution in [0.15, 0.2) is 0 Å². The van der Waals surface area contributed by atoms with Gasteiger partial charge in [0.1, 0.15) is 6.04 Å². The molecule has 1 atom stereocenters. The van der Waals surface area contributed by atoms with Crippen LogP contribution in [-0.4, -0.2) is 54.9 Å². The monoisotopic (exact) mass is 213 g/mol. The van der Waals surface area contributed by atoms with Crippen LogP contribution in [0.3, 0.4) is 0 Å². The highest BCUT2D eigenvalue weighted by Crippen LogP contribution is 2.16. The maximum atomic E-state index is 11.3. The van der Waals surface area contributed by atoms with Crippen LogP contribution in [0.5, 0.6) is 0 Å². The van der Waals surface area contributed by atoms with Gasteiger partial charge in [-0.25, -0.2) is 5.01 Å². The molecular weight excluding hydrogens is 194 g/mol. The Balaban J connectivity index is 2.62. The summed E-state index contributed by atoms with van der Waals surface area (Å²) in [6.07, 6.45) is 2.52. The predicted molar refractivity (Wildman–Crippen MR) is 57.1 cm³/mol. The third-order valence-electron chi connectivity index (χ3n) is 2.74. The number of carbonyl (C=O) groups is 2. The van der Waals surface area contributed by atoms with Crippen molar-refractivity contribution < 1.29 is 9.59 Å². The molecule has 5 heteroatoms. The van der Waals surface area contributed by atoms with Crippen LogP contribution in [0.25, 0.3) is 0 Å². The number of amides is 1. The van der Waals surface area contributed by atoms with Crippen molar-refractivity contribution in [3.05, 3.63) is 0 Å². The van der Waals surface area contributed by atoms with E-state index in [0.29, 0.717) is 0 Å². The molecule has 1 heterocycles. The lowest BCUT2D eigenvalue weighted by Crippen LogP contribution is -2.55. The molecule has 0 aromatic heterocycles. The van der Waals surface area contributed by atoms with Gasteiger partial charge in [-0.05, 0) is 26.8 Å². The summed E-state index contributed by atoms with van der Waals surface area (Å²) < 4.78 is 0. The van der Waals surface area contributed by atoms with Crippen LogP contribution in [-0.2, 0) is 9.59 Å². The number of likely N-dealkylation sites (N-methyl/N-ethyl adjacent to an activating group) is 1. The Morgan fingerprint density at radius 2 is 2.33 bits per heavy atom. The predicted octanol–water partition coefficient (Wildman–Crippen LogP) is -0.367. The van der Waals surface area contributed by atoms with Gasteiger partial charge in [-0.2, -0.15) is 0 Å². The van der Waals surface area contributed by atoms with Crippen LogP contribution < -0.4 is 5.32 Å². The van der Waals surface area contributed by atoms with E-state index >= 15 is 0 Å². The molecule has 1 aliphatic rings. The summed E-state index contributed by atoms with van der Waals surface area (Å²) >= 11 is 0. The Hall–Kier alpha value is -0.940. The average Bonchev–Trinajstić information content (AvgIpc) is 2.25. The van der Waals surface area contributed by atoms with Gasteiger partial charge in [0.05, 0.1) is 0 Å². The van der Waals surface area contributed by atoms with Crippen molar-refractivity contribution in [3.8, 4) is 0 Å². The number of hydrogen-bond acceptors (Lipinski definition) is 4. The molecule has 1 fully saturated rings. The fourth-order valence-corrected chi connectivity index (χ4v) is 1.91. The van der Waals surface area contributed by atoms with Crippen LogP contribution >= 0.6 is 0 Å². The lowest BCUT2D eigenvalue weighted by molar-refractivity contribution is -0.154. The molecule has 15 heavy (non-hydrogen) atoms. The van der Waals surface area contributed by atoms with Gasteiger partial charge in [0.15, 0.2) is 5.78 Å². The van der Waals surface area contributed by atoms with Crippen LogP contribution in [0.2, 0.25) is 0 Å². The first-order valence-corrected chi connectivity index (χ1v) is 5.34. The van der Waals surface area contributed by atoms with E-state index in [9.17, 15) is 9.59 Å². The van der Waals surface area contributed by atoms with Crippen LogP contribution in [0.4, 0.5) is 0 Å².